The van der Waals surface area contributed by atoms with Crippen molar-refractivity contribution in [1.29, 1.82) is 0 Å². The first-order valence-electron chi connectivity index (χ1n) is 11.7. The molecular formula is C24H37FN5NaO3S. The van der Waals surface area contributed by atoms with Gasteiger partial charge in [0.25, 0.3) is 0 Å². The second-order valence-electron chi connectivity index (χ2n) is 9.81. The number of piperidine rings is 1. The quantitative estimate of drug-likeness (QED) is 0.544. The summed E-state index contributed by atoms with van der Waals surface area (Å²) in [4.78, 5) is 15.2. The first-order chi connectivity index (χ1) is 15.9. The third-order valence-electron chi connectivity index (χ3n) is 6.24. The van der Waals surface area contributed by atoms with Crippen LogP contribution in [0.25, 0.3) is 0 Å². The number of hydrogen-bond donors (Lipinski definition) is 1. The Morgan fingerprint density at radius 3 is 2.29 bits per heavy atom. The van der Waals surface area contributed by atoms with Gasteiger partial charge in [-0.05, 0) is 67.1 Å². The van der Waals surface area contributed by atoms with E-state index in [2.05, 4.69) is 14.7 Å². The molecule has 0 saturated carbocycles. The summed E-state index contributed by atoms with van der Waals surface area (Å²) in [6.07, 6.45) is 4.51. The number of anilines is 1. The summed E-state index contributed by atoms with van der Waals surface area (Å²) in [5, 5.41) is 4.13. The molecule has 0 spiro atoms. The molecule has 0 aliphatic carbocycles. The molecule has 1 aromatic carbocycles. The van der Waals surface area contributed by atoms with Gasteiger partial charge in [-0.3, -0.25) is 9.48 Å². The van der Waals surface area contributed by atoms with E-state index in [-0.39, 0.29) is 59.7 Å². The molecule has 1 aliphatic heterocycles. The van der Waals surface area contributed by atoms with Crippen LogP contribution < -0.4 is 9.03 Å². The number of aromatic nitrogens is 2. The average molecular weight is 518 g/mol. The van der Waals surface area contributed by atoms with Crippen LogP contribution >= 0.6 is 0 Å². The van der Waals surface area contributed by atoms with E-state index >= 15 is 0 Å². The Balaban J connectivity index is 0.00000432. The second-order valence-corrected chi connectivity index (χ2v) is 11.4. The van der Waals surface area contributed by atoms with E-state index in [1.807, 2.05) is 34.7 Å². The fourth-order valence-corrected chi connectivity index (χ4v) is 6.10. The van der Waals surface area contributed by atoms with Crippen LogP contribution in [0.3, 0.4) is 0 Å². The normalized spacial score (nSPS) is 16.9. The summed E-state index contributed by atoms with van der Waals surface area (Å²) in [5.41, 5.74) is 2.53. The molecule has 1 unspecified atom stereocenters. The summed E-state index contributed by atoms with van der Waals surface area (Å²) in [7, 11) is -0.529. The maximum absolute atomic E-state index is 14.3. The molecule has 1 aliphatic rings. The van der Waals surface area contributed by atoms with Crippen molar-refractivity contribution in [2.24, 2.45) is 7.05 Å². The Kier molecular flexibility index (Phi) is 10.4. The molecule has 2 aromatic rings. The summed E-state index contributed by atoms with van der Waals surface area (Å²) in [5.74, 6) is -1.03. The first-order valence-corrected chi connectivity index (χ1v) is 13.2. The number of halogens is 1. The Hall–Kier alpha value is -1.46. The number of likely N-dealkylation sites (tertiary alicyclic amines) is 1. The zero-order valence-electron chi connectivity index (χ0n) is 20.9. The zero-order chi connectivity index (χ0) is 25.2. The molecule has 1 aromatic heterocycles. The van der Waals surface area contributed by atoms with Crippen molar-refractivity contribution in [3.05, 3.63) is 47.0 Å². The van der Waals surface area contributed by atoms with Crippen molar-refractivity contribution in [2.45, 2.75) is 64.8 Å². The maximum atomic E-state index is 14.3. The summed E-state index contributed by atoms with van der Waals surface area (Å²) in [6.45, 7) is 9.17. The number of likely N-dealkylation sites (N-methyl/N-ethyl adjacent to an activating group) is 1. The van der Waals surface area contributed by atoms with Gasteiger partial charge in [-0.15, -0.1) is 0 Å². The molecule has 1 N–H and O–H groups in total. The molecule has 35 heavy (non-hydrogen) atoms. The van der Waals surface area contributed by atoms with Gasteiger partial charge in [-0.2, -0.15) is 13.5 Å². The van der Waals surface area contributed by atoms with Crippen LogP contribution in [0.4, 0.5) is 10.1 Å². The van der Waals surface area contributed by atoms with Crippen molar-refractivity contribution in [3.63, 3.8) is 0 Å². The van der Waals surface area contributed by atoms with E-state index in [0.29, 0.717) is 35.3 Å². The van der Waals surface area contributed by atoms with Gasteiger partial charge in [0.2, 0.25) is 5.91 Å². The molecule has 1 amide bonds. The van der Waals surface area contributed by atoms with Gasteiger partial charge >= 0.3 is 39.8 Å². The monoisotopic (exact) mass is 517 g/mol. The molecule has 1 saturated heterocycles. The van der Waals surface area contributed by atoms with Gasteiger partial charge in [0.15, 0.2) is 0 Å². The van der Waals surface area contributed by atoms with E-state index < -0.39 is 16.1 Å². The second kappa shape index (κ2) is 12.2. The fraction of sp³-hybridized carbons (Fsp3) is 0.583. The van der Waals surface area contributed by atoms with Gasteiger partial charge in [0.1, 0.15) is 5.82 Å². The van der Waals surface area contributed by atoms with Crippen LogP contribution in [-0.4, -0.2) is 84.7 Å². The van der Waals surface area contributed by atoms with E-state index in [9.17, 15) is 17.6 Å². The van der Waals surface area contributed by atoms with Crippen molar-refractivity contribution < 1.29 is 17.6 Å². The van der Waals surface area contributed by atoms with Gasteiger partial charge in [0.05, 0.1) is 24.3 Å². The van der Waals surface area contributed by atoms with Crippen LogP contribution in [0.2, 0.25) is 0 Å². The van der Waals surface area contributed by atoms with E-state index in [1.165, 1.54) is 27.3 Å². The van der Waals surface area contributed by atoms with Gasteiger partial charge < -0.3 is 4.90 Å². The summed E-state index contributed by atoms with van der Waals surface area (Å²) < 4.78 is 46.4. The van der Waals surface area contributed by atoms with Crippen LogP contribution in [0, 0.1) is 5.82 Å². The van der Waals surface area contributed by atoms with Crippen molar-refractivity contribution in [3.8, 4) is 0 Å². The number of nitrogens with zero attached hydrogens (tertiary/aromatic N) is 4. The molecule has 11 heteroatoms. The number of carbonyl (C=O) groups is 1. The molecule has 2 heterocycles. The van der Waals surface area contributed by atoms with E-state index in [0.717, 1.165) is 13.0 Å². The SMILES string of the molecule is CC(C)c1cc(F)cc(C(C)C)c1CC(=O)NS(=O)(=O)N(c1cnn(C)c1)C1CCCN(C)C1.[NaH]. The molecule has 190 valence electrons. The van der Waals surface area contributed by atoms with E-state index in [1.54, 1.807) is 13.2 Å². The Labute approximate surface area is 230 Å². The van der Waals surface area contributed by atoms with Crippen molar-refractivity contribution in [2.75, 3.05) is 24.4 Å². The number of hydrogen-bond acceptors (Lipinski definition) is 5. The predicted molar refractivity (Wildman–Crippen MR) is 139 cm³/mol. The number of aryl methyl sites for hydroxylation is 1. The minimum atomic E-state index is -4.20. The summed E-state index contributed by atoms with van der Waals surface area (Å²) in [6, 6.07) is 2.55. The Morgan fingerprint density at radius 2 is 1.80 bits per heavy atom. The van der Waals surface area contributed by atoms with Crippen LogP contribution in [0.1, 0.15) is 69.1 Å². The van der Waals surface area contributed by atoms with E-state index in [4.69, 9.17) is 0 Å². The van der Waals surface area contributed by atoms with Gasteiger partial charge in [-0.1, -0.05) is 27.7 Å². The Morgan fingerprint density at radius 1 is 1.20 bits per heavy atom. The molecule has 1 fully saturated rings. The summed E-state index contributed by atoms with van der Waals surface area (Å²) >= 11 is 0. The first kappa shape index (κ1) is 29.8. The van der Waals surface area contributed by atoms with Crippen LogP contribution in [-0.2, 0) is 28.5 Å². The number of nitrogens with one attached hydrogen (secondary N) is 1. The topological polar surface area (TPSA) is 87.5 Å². The molecule has 0 radical (unpaired) electrons. The third kappa shape index (κ3) is 7.29. The van der Waals surface area contributed by atoms with Gasteiger partial charge in [0, 0.05) is 19.8 Å². The Bertz CT molecular complexity index is 1110. The minimum absolute atomic E-state index is 0. The molecule has 3 rings (SSSR count). The number of rotatable bonds is 8. The average Bonchev–Trinajstić information content (AvgIpc) is 3.13. The fourth-order valence-electron chi connectivity index (χ4n) is 4.70. The van der Waals surface area contributed by atoms with Crippen LogP contribution in [0.5, 0.6) is 0 Å². The zero-order valence-corrected chi connectivity index (χ0v) is 21.7. The molecule has 1 atom stereocenters. The van der Waals surface area contributed by atoms with Crippen LogP contribution in [0.15, 0.2) is 24.5 Å². The third-order valence-corrected chi connectivity index (χ3v) is 7.76. The molecule has 0 bridgehead atoms. The molecular weight excluding hydrogens is 480 g/mol. The standard InChI is InChI=1S/C24H36FN5O3S.Na.H/c1-16(2)21-10-18(25)11-22(17(3)4)23(21)12-24(31)27-34(32,33)30(20-13-26-29(6)15-20)19-8-7-9-28(5)14-19;;/h10-11,13,15-17,19H,7-9,12,14H2,1-6H3,(H,27,31);;. The van der Waals surface area contributed by atoms with Crippen molar-refractivity contribution in [1.82, 2.24) is 19.4 Å². The number of amides is 1. The number of carbonyl (C=O) groups excluding carboxylic acids is 1. The van der Waals surface area contributed by atoms with Crippen molar-refractivity contribution >= 4 is 51.4 Å². The number of benzene rings is 1. The van der Waals surface area contributed by atoms with Gasteiger partial charge in [-0.25, -0.2) is 13.4 Å². The predicted octanol–water partition coefficient (Wildman–Crippen LogP) is 2.66. The molecule has 8 nitrogen and oxygen atoms in total.